The van der Waals surface area contributed by atoms with Gasteiger partial charge < -0.3 is 4.74 Å². The average molecular weight is 376 g/mol. The van der Waals surface area contributed by atoms with Crippen molar-refractivity contribution in [2.45, 2.75) is 6.92 Å². The number of ether oxygens (including phenoxy) is 1. The number of aliphatic imine (C=N–C) groups is 1. The number of halogens is 2. The van der Waals surface area contributed by atoms with Gasteiger partial charge >= 0.3 is 5.97 Å². The van der Waals surface area contributed by atoms with Gasteiger partial charge in [-0.15, -0.1) is 0 Å². The van der Waals surface area contributed by atoms with Crippen LogP contribution in [0.2, 0.25) is 0 Å². The van der Waals surface area contributed by atoms with Crippen molar-refractivity contribution in [2.75, 3.05) is 6.61 Å². The third kappa shape index (κ3) is 5.45. The molecule has 0 radical (unpaired) electrons. The van der Waals surface area contributed by atoms with Gasteiger partial charge in [0.1, 0.15) is 5.82 Å². The summed E-state index contributed by atoms with van der Waals surface area (Å²) < 4.78 is 19.2. The molecule has 2 aromatic carbocycles. The minimum absolute atomic E-state index is 0.340. The highest BCUT2D eigenvalue weighted by molar-refractivity contribution is 9.10. The first-order chi connectivity index (χ1) is 11.1. The largest absolute Gasteiger partial charge is 0.463 e. The fourth-order valence-corrected chi connectivity index (χ4v) is 2.15. The van der Waals surface area contributed by atoms with Crippen molar-refractivity contribution in [3.8, 4) is 0 Å². The van der Waals surface area contributed by atoms with Crippen LogP contribution in [0.25, 0.3) is 6.08 Å². The van der Waals surface area contributed by atoms with Crippen molar-refractivity contribution in [3.05, 3.63) is 70.0 Å². The molecule has 2 aromatic rings. The van der Waals surface area contributed by atoms with Crippen LogP contribution in [-0.4, -0.2) is 18.8 Å². The maximum absolute atomic E-state index is 13.7. The van der Waals surface area contributed by atoms with E-state index < -0.39 is 5.97 Å². The average Bonchev–Trinajstić information content (AvgIpc) is 2.53. The molecule has 0 fully saturated rings. The zero-order valence-electron chi connectivity index (χ0n) is 12.5. The Balaban J connectivity index is 2.13. The lowest BCUT2D eigenvalue weighted by Crippen LogP contribution is -1.98. The lowest BCUT2D eigenvalue weighted by atomic mass is 10.2. The van der Waals surface area contributed by atoms with E-state index in [0.717, 1.165) is 5.56 Å². The fraction of sp³-hybridized carbons (Fsp3) is 0.111. The number of carbonyl (C=O) groups excluding carboxylic acids is 1. The van der Waals surface area contributed by atoms with Gasteiger partial charge in [-0.2, -0.15) is 0 Å². The Bertz CT molecular complexity index is 756. The molecular weight excluding hydrogens is 361 g/mol. The summed E-state index contributed by atoms with van der Waals surface area (Å²) in [6.07, 6.45) is 4.48. The zero-order valence-corrected chi connectivity index (χ0v) is 14.1. The molecule has 0 aliphatic heterocycles. The van der Waals surface area contributed by atoms with Crippen molar-refractivity contribution in [2.24, 2.45) is 4.99 Å². The van der Waals surface area contributed by atoms with Crippen molar-refractivity contribution in [3.63, 3.8) is 0 Å². The number of esters is 1. The summed E-state index contributed by atoms with van der Waals surface area (Å²) in [5, 5.41) is 0. The Labute approximate surface area is 142 Å². The topological polar surface area (TPSA) is 38.7 Å². The molecule has 0 heterocycles. The Morgan fingerprint density at radius 1 is 1.30 bits per heavy atom. The molecule has 118 valence electrons. The quantitative estimate of drug-likeness (QED) is 0.422. The lowest BCUT2D eigenvalue weighted by Gasteiger charge is -1.99. The number of hydrogen-bond acceptors (Lipinski definition) is 3. The highest BCUT2D eigenvalue weighted by atomic mass is 79.9. The van der Waals surface area contributed by atoms with Crippen molar-refractivity contribution in [1.82, 2.24) is 0 Å². The summed E-state index contributed by atoms with van der Waals surface area (Å²) in [6.45, 7) is 2.09. The van der Waals surface area contributed by atoms with Gasteiger partial charge in [0.2, 0.25) is 0 Å². The van der Waals surface area contributed by atoms with Crippen molar-refractivity contribution >= 4 is 39.9 Å². The molecule has 2 rings (SSSR count). The molecule has 0 amide bonds. The first kappa shape index (κ1) is 17.1. The van der Waals surface area contributed by atoms with Crippen molar-refractivity contribution in [1.29, 1.82) is 0 Å². The lowest BCUT2D eigenvalue weighted by molar-refractivity contribution is -0.137. The number of rotatable bonds is 5. The van der Waals surface area contributed by atoms with E-state index in [2.05, 4.69) is 20.9 Å². The van der Waals surface area contributed by atoms with Crippen LogP contribution in [0, 0.1) is 5.82 Å². The molecule has 0 N–H and O–H groups in total. The summed E-state index contributed by atoms with van der Waals surface area (Å²) in [4.78, 5) is 15.6. The fourth-order valence-electron chi connectivity index (χ4n) is 1.81. The maximum atomic E-state index is 13.7. The van der Waals surface area contributed by atoms with E-state index in [1.165, 1.54) is 18.4 Å². The van der Waals surface area contributed by atoms with Crippen molar-refractivity contribution < 1.29 is 13.9 Å². The second-order valence-electron chi connectivity index (χ2n) is 4.60. The van der Waals surface area contributed by atoms with Crippen LogP contribution < -0.4 is 0 Å². The first-order valence-electron chi connectivity index (χ1n) is 7.02. The Morgan fingerprint density at radius 3 is 2.87 bits per heavy atom. The molecule has 0 spiro atoms. The number of benzene rings is 2. The second kappa shape index (κ2) is 8.39. The summed E-state index contributed by atoms with van der Waals surface area (Å²) in [5.74, 6) is -0.736. The summed E-state index contributed by atoms with van der Waals surface area (Å²) >= 11 is 3.21. The second-order valence-corrected chi connectivity index (χ2v) is 5.52. The Morgan fingerprint density at radius 2 is 2.13 bits per heavy atom. The van der Waals surface area contributed by atoms with Crippen LogP contribution in [-0.2, 0) is 9.53 Å². The van der Waals surface area contributed by atoms with Crippen LogP contribution in [0.1, 0.15) is 18.1 Å². The minimum atomic E-state index is -0.390. The van der Waals surface area contributed by atoms with E-state index in [9.17, 15) is 9.18 Å². The summed E-state index contributed by atoms with van der Waals surface area (Å²) in [6, 6.07) is 12.0. The number of hydrogen-bond donors (Lipinski definition) is 0. The van der Waals surface area contributed by atoms with E-state index in [-0.39, 0.29) is 5.82 Å². The van der Waals surface area contributed by atoms with E-state index >= 15 is 0 Å². The number of carbonyl (C=O) groups is 1. The van der Waals surface area contributed by atoms with Gasteiger partial charge in [-0.05, 0) is 48.9 Å². The van der Waals surface area contributed by atoms with Crippen LogP contribution >= 0.6 is 15.9 Å². The highest BCUT2D eigenvalue weighted by Gasteiger charge is 2.00. The molecule has 3 nitrogen and oxygen atoms in total. The summed E-state index contributed by atoms with van der Waals surface area (Å²) in [5.41, 5.74) is 1.88. The van der Waals surface area contributed by atoms with Crippen LogP contribution in [0.5, 0.6) is 0 Å². The predicted molar refractivity (Wildman–Crippen MR) is 93.5 cm³/mol. The zero-order chi connectivity index (χ0) is 16.7. The molecule has 0 saturated heterocycles. The van der Waals surface area contributed by atoms with Gasteiger partial charge in [0.15, 0.2) is 0 Å². The molecule has 0 aromatic heterocycles. The van der Waals surface area contributed by atoms with E-state index in [1.54, 1.807) is 37.3 Å². The molecule has 0 bridgehead atoms. The Kier molecular flexibility index (Phi) is 6.23. The van der Waals surface area contributed by atoms with Gasteiger partial charge in [-0.25, -0.2) is 9.18 Å². The first-order valence-corrected chi connectivity index (χ1v) is 7.82. The van der Waals surface area contributed by atoms with Crippen LogP contribution in [0.15, 0.2) is 58.0 Å². The molecular formula is C18H15BrFNO2. The third-order valence-electron chi connectivity index (χ3n) is 2.88. The third-order valence-corrected chi connectivity index (χ3v) is 3.38. The van der Waals surface area contributed by atoms with E-state index in [1.807, 2.05) is 12.1 Å². The molecule has 23 heavy (non-hydrogen) atoms. The van der Waals surface area contributed by atoms with Gasteiger partial charge in [0.25, 0.3) is 0 Å². The van der Waals surface area contributed by atoms with Gasteiger partial charge in [-0.3, -0.25) is 4.99 Å². The minimum Gasteiger partial charge on any atom is -0.463 e. The predicted octanol–water partition coefficient (Wildman–Crippen LogP) is 4.92. The summed E-state index contributed by atoms with van der Waals surface area (Å²) in [7, 11) is 0. The molecule has 0 aliphatic rings. The van der Waals surface area contributed by atoms with E-state index in [4.69, 9.17) is 4.74 Å². The van der Waals surface area contributed by atoms with Crippen LogP contribution in [0.3, 0.4) is 0 Å². The molecule has 5 heteroatoms. The maximum Gasteiger partial charge on any atom is 0.330 e. The van der Waals surface area contributed by atoms with E-state index in [0.29, 0.717) is 22.3 Å². The van der Waals surface area contributed by atoms with Gasteiger partial charge in [-0.1, -0.05) is 28.1 Å². The molecule has 0 aliphatic carbocycles. The monoisotopic (exact) mass is 375 g/mol. The smallest absolute Gasteiger partial charge is 0.330 e. The molecule has 0 unspecified atom stereocenters. The van der Waals surface area contributed by atoms with Gasteiger partial charge in [0.05, 0.1) is 12.3 Å². The Hall–Kier alpha value is -2.27. The highest BCUT2D eigenvalue weighted by Crippen LogP contribution is 2.17. The normalized spacial score (nSPS) is 11.3. The molecule has 0 atom stereocenters. The van der Waals surface area contributed by atoms with Crippen LogP contribution in [0.4, 0.5) is 10.1 Å². The van der Waals surface area contributed by atoms with Gasteiger partial charge in [0, 0.05) is 22.3 Å². The SMILES string of the molecule is CCOC(=O)/C=C/c1cccc(N=Cc2ccc(Br)cc2F)c1. The standard InChI is InChI=1S/C18H15BrFNO2/c1-2-23-18(22)9-6-13-4-3-5-16(10-13)21-12-14-7-8-15(19)11-17(14)20/h3-12H,2H2,1H3/b9-6+,21-12?. The molecule has 0 saturated carbocycles. The number of nitrogens with zero attached hydrogens (tertiary/aromatic N) is 1.